The summed E-state index contributed by atoms with van der Waals surface area (Å²) in [6, 6.07) is 14.5. The molecule has 0 saturated carbocycles. The summed E-state index contributed by atoms with van der Waals surface area (Å²) in [6.45, 7) is 3.87. The number of fused-ring (bicyclic) bond motifs is 1. The first-order chi connectivity index (χ1) is 17.7. The Morgan fingerprint density at radius 2 is 1.89 bits per heavy atom. The molecule has 1 fully saturated rings. The summed E-state index contributed by atoms with van der Waals surface area (Å²) in [5.41, 5.74) is 4.48. The van der Waals surface area contributed by atoms with Crippen molar-refractivity contribution >= 4 is 40.2 Å². The number of nitrogens with zero attached hydrogens (tertiary/aromatic N) is 5. The van der Waals surface area contributed by atoms with Crippen molar-refractivity contribution in [3.63, 3.8) is 0 Å². The van der Waals surface area contributed by atoms with Gasteiger partial charge in [0.15, 0.2) is 5.65 Å². The zero-order valence-corrected chi connectivity index (χ0v) is 20.3. The average molecular weight is 499 g/mol. The van der Waals surface area contributed by atoms with Crippen molar-refractivity contribution < 1.29 is 4.39 Å². The molecule has 6 nitrogen and oxygen atoms in total. The lowest BCUT2D eigenvalue weighted by Gasteiger charge is -2.28. The predicted molar refractivity (Wildman–Crippen MR) is 143 cm³/mol. The molecule has 0 radical (unpaired) electrons. The lowest BCUT2D eigenvalue weighted by Crippen LogP contribution is -2.43. The molecule has 4 aromatic rings. The minimum Gasteiger partial charge on any atom is -0.354 e. The van der Waals surface area contributed by atoms with E-state index in [4.69, 9.17) is 16.6 Å². The molecule has 5 heterocycles. The van der Waals surface area contributed by atoms with E-state index >= 15 is 0 Å². The van der Waals surface area contributed by atoms with Gasteiger partial charge < -0.3 is 10.2 Å². The van der Waals surface area contributed by atoms with Crippen LogP contribution in [0.15, 0.2) is 72.1 Å². The first-order valence-electron chi connectivity index (χ1n) is 12.0. The number of pyridine rings is 3. The molecule has 1 saturated heterocycles. The van der Waals surface area contributed by atoms with Gasteiger partial charge in [0, 0.05) is 72.9 Å². The van der Waals surface area contributed by atoms with E-state index in [9.17, 15) is 4.39 Å². The van der Waals surface area contributed by atoms with Crippen molar-refractivity contribution in [3.05, 3.63) is 89.1 Å². The lowest BCUT2D eigenvalue weighted by molar-refractivity contribution is 0.585. The Hall–Kier alpha value is -3.68. The average Bonchev–Trinajstić information content (AvgIpc) is 2.94. The maximum Gasteiger partial charge on any atom is 0.160 e. The van der Waals surface area contributed by atoms with Crippen molar-refractivity contribution in [1.29, 1.82) is 0 Å². The number of allylic oxidation sites excluding steroid dienone is 1. The van der Waals surface area contributed by atoms with Crippen LogP contribution >= 0.6 is 11.6 Å². The molecule has 0 bridgehead atoms. The van der Waals surface area contributed by atoms with Gasteiger partial charge in [-0.2, -0.15) is 0 Å². The third kappa shape index (κ3) is 4.47. The number of nitrogens with one attached hydrogen (secondary N) is 1. The number of halogens is 2. The first kappa shape index (κ1) is 22.8. The van der Waals surface area contributed by atoms with Gasteiger partial charge in [0.25, 0.3) is 0 Å². The number of aliphatic imine (C=N–C) groups is 1. The second kappa shape index (κ2) is 9.76. The second-order valence-corrected chi connectivity index (χ2v) is 9.44. The molecule has 2 aliphatic rings. The number of aromatic nitrogens is 3. The van der Waals surface area contributed by atoms with Gasteiger partial charge >= 0.3 is 0 Å². The normalized spacial score (nSPS) is 17.9. The van der Waals surface area contributed by atoms with Crippen LogP contribution in [0.4, 0.5) is 10.2 Å². The number of hydrogen-bond acceptors (Lipinski definition) is 6. The van der Waals surface area contributed by atoms with Crippen LogP contribution in [0.5, 0.6) is 0 Å². The smallest absolute Gasteiger partial charge is 0.160 e. The minimum absolute atomic E-state index is 0.0841. The van der Waals surface area contributed by atoms with Gasteiger partial charge in [0.05, 0.1) is 5.69 Å². The first-order valence-corrected chi connectivity index (χ1v) is 12.4. The Labute approximate surface area is 213 Å². The largest absolute Gasteiger partial charge is 0.354 e. The van der Waals surface area contributed by atoms with Gasteiger partial charge in [-0.15, -0.1) is 0 Å². The molecular formula is C28H24ClFN6. The zero-order valence-electron chi connectivity index (χ0n) is 19.5. The summed E-state index contributed by atoms with van der Waals surface area (Å²) in [7, 11) is 0. The highest BCUT2D eigenvalue weighted by molar-refractivity contribution is 6.30. The van der Waals surface area contributed by atoms with Crippen LogP contribution in [0.3, 0.4) is 0 Å². The van der Waals surface area contributed by atoms with Crippen molar-refractivity contribution in [2.45, 2.75) is 12.3 Å². The van der Waals surface area contributed by atoms with E-state index in [0.29, 0.717) is 21.9 Å². The Kier molecular flexibility index (Phi) is 6.17. The molecule has 2 aliphatic heterocycles. The van der Waals surface area contributed by atoms with Crippen molar-refractivity contribution in [3.8, 4) is 11.3 Å². The summed E-state index contributed by atoms with van der Waals surface area (Å²) in [6.07, 6.45) is 8.22. The van der Waals surface area contributed by atoms with Gasteiger partial charge in [0.2, 0.25) is 0 Å². The van der Waals surface area contributed by atoms with E-state index < -0.39 is 0 Å². The monoisotopic (exact) mass is 498 g/mol. The van der Waals surface area contributed by atoms with E-state index in [-0.39, 0.29) is 11.7 Å². The zero-order chi connectivity index (χ0) is 24.5. The molecule has 0 aliphatic carbocycles. The van der Waals surface area contributed by atoms with Crippen molar-refractivity contribution in [2.24, 2.45) is 4.99 Å². The quantitative estimate of drug-likeness (QED) is 0.403. The molecule has 3 aromatic heterocycles. The molecule has 1 N–H and O–H groups in total. The number of hydrogen-bond donors (Lipinski definition) is 1. The van der Waals surface area contributed by atoms with Crippen LogP contribution in [-0.4, -0.2) is 47.3 Å². The summed E-state index contributed by atoms with van der Waals surface area (Å²) >= 11 is 6.17. The fourth-order valence-corrected chi connectivity index (χ4v) is 4.99. The van der Waals surface area contributed by atoms with Gasteiger partial charge in [-0.05, 0) is 65.6 Å². The van der Waals surface area contributed by atoms with Crippen LogP contribution in [-0.2, 0) is 0 Å². The molecule has 180 valence electrons. The third-order valence-corrected chi connectivity index (χ3v) is 6.95. The number of rotatable bonds is 4. The summed E-state index contributed by atoms with van der Waals surface area (Å²) in [5, 5.41) is 4.73. The number of anilines is 1. The standard InChI is InChI=1S/C28H24ClFN6/c29-21-4-5-25(30)24(13-21)26-14-23(22-2-1-7-33-28(22)35-26)20-12-19(15-32-16-20)18-3-6-27(34-17-18)36-10-8-31-9-11-36/h1-7,13-17,19,31H,8-12H2. The highest BCUT2D eigenvalue weighted by atomic mass is 35.5. The summed E-state index contributed by atoms with van der Waals surface area (Å²) in [4.78, 5) is 20.7. The molecule has 0 amide bonds. The van der Waals surface area contributed by atoms with Crippen LogP contribution < -0.4 is 10.2 Å². The maximum absolute atomic E-state index is 14.7. The third-order valence-electron chi connectivity index (χ3n) is 6.71. The maximum atomic E-state index is 14.7. The van der Waals surface area contributed by atoms with Crippen LogP contribution in [0.25, 0.3) is 27.9 Å². The van der Waals surface area contributed by atoms with E-state index in [1.807, 2.05) is 36.8 Å². The van der Waals surface area contributed by atoms with Crippen LogP contribution in [0.2, 0.25) is 5.02 Å². The highest BCUT2D eigenvalue weighted by Gasteiger charge is 2.21. The van der Waals surface area contributed by atoms with Gasteiger partial charge in [-0.25, -0.2) is 19.3 Å². The number of benzene rings is 1. The fourth-order valence-electron chi connectivity index (χ4n) is 4.82. The lowest BCUT2D eigenvalue weighted by atomic mass is 9.88. The van der Waals surface area contributed by atoms with E-state index in [0.717, 1.165) is 60.5 Å². The molecule has 36 heavy (non-hydrogen) atoms. The van der Waals surface area contributed by atoms with Crippen LogP contribution in [0, 0.1) is 5.82 Å². The molecule has 1 aromatic carbocycles. The fraction of sp³-hybridized carbons (Fsp3) is 0.214. The minimum atomic E-state index is -0.377. The molecule has 6 rings (SSSR count). The Morgan fingerprint density at radius 3 is 2.72 bits per heavy atom. The molecule has 1 unspecified atom stereocenters. The van der Waals surface area contributed by atoms with E-state index in [2.05, 4.69) is 37.3 Å². The van der Waals surface area contributed by atoms with Crippen LogP contribution in [0.1, 0.15) is 23.5 Å². The predicted octanol–water partition coefficient (Wildman–Crippen LogP) is 5.49. The van der Waals surface area contributed by atoms with Gasteiger partial charge in [0.1, 0.15) is 11.6 Å². The molecule has 1 atom stereocenters. The van der Waals surface area contributed by atoms with Gasteiger partial charge in [-0.3, -0.25) is 4.99 Å². The Bertz CT molecular complexity index is 1480. The van der Waals surface area contributed by atoms with E-state index in [1.54, 1.807) is 12.3 Å². The van der Waals surface area contributed by atoms with Crippen molar-refractivity contribution in [1.82, 2.24) is 20.3 Å². The molecule has 8 heteroatoms. The topological polar surface area (TPSA) is 66.3 Å². The van der Waals surface area contributed by atoms with Crippen molar-refractivity contribution in [2.75, 3.05) is 31.1 Å². The SMILES string of the molecule is Fc1ccc(Cl)cc1-c1cc(C2=CN=CC(c3ccc(N4CCNCC4)nc3)C2)c2cccnc2n1. The molecular weight excluding hydrogens is 475 g/mol. The Morgan fingerprint density at radius 1 is 1.00 bits per heavy atom. The Balaban J connectivity index is 1.34. The molecule has 0 spiro atoms. The number of piperazine rings is 1. The second-order valence-electron chi connectivity index (χ2n) is 9.00. The summed E-state index contributed by atoms with van der Waals surface area (Å²) < 4.78 is 14.7. The summed E-state index contributed by atoms with van der Waals surface area (Å²) in [5.74, 6) is 0.710. The van der Waals surface area contributed by atoms with Gasteiger partial charge in [-0.1, -0.05) is 17.7 Å². The van der Waals surface area contributed by atoms with E-state index in [1.165, 1.54) is 12.1 Å². The highest BCUT2D eigenvalue weighted by Crippen LogP contribution is 2.36.